The van der Waals surface area contributed by atoms with E-state index in [1.807, 2.05) is 0 Å². The first kappa shape index (κ1) is 15.9. The van der Waals surface area contributed by atoms with Gasteiger partial charge >= 0.3 is 6.03 Å². The molecule has 2 N–H and O–H groups in total. The Morgan fingerprint density at radius 1 is 1.39 bits per heavy atom. The van der Waals surface area contributed by atoms with Gasteiger partial charge in [-0.15, -0.1) is 0 Å². The third kappa shape index (κ3) is 2.95. The molecule has 1 unspecified atom stereocenters. The number of hydrogen-bond donors (Lipinski definition) is 2. The fourth-order valence-electron chi connectivity index (χ4n) is 3.04. The van der Waals surface area contributed by atoms with E-state index < -0.39 is 23.3 Å². The molecule has 1 aromatic rings. The lowest BCUT2D eigenvalue weighted by molar-refractivity contribution is -0.135. The number of nitrogens with one attached hydrogen (secondary N) is 2. The summed E-state index contributed by atoms with van der Waals surface area (Å²) in [7, 11) is 0. The van der Waals surface area contributed by atoms with Gasteiger partial charge in [-0.05, 0) is 40.4 Å². The van der Waals surface area contributed by atoms with Crippen LogP contribution < -0.4 is 10.6 Å². The van der Waals surface area contributed by atoms with Crippen LogP contribution >= 0.6 is 15.9 Å². The van der Waals surface area contributed by atoms with Crippen molar-refractivity contribution in [2.75, 3.05) is 13.1 Å². The van der Waals surface area contributed by atoms with Crippen molar-refractivity contribution in [2.45, 2.75) is 24.8 Å². The van der Waals surface area contributed by atoms with Crippen LogP contribution in [0.15, 0.2) is 22.7 Å². The van der Waals surface area contributed by atoms with Gasteiger partial charge in [0.1, 0.15) is 11.4 Å². The molecule has 2 heterocycles. The van der Waals surface area contributed by atoms with Gasteiger partial charge in [-0.25, -0.2) is 9.18 Å². The highest BCUT2D eigenvalue weighted by Crippen LogP contribution is 2.26. The molecule has 0 bridgehead atoms. The molecule has 0 aliphatic carbocycles. The molecule has 2 fully saturated rings. The zero-order chi connectivity index (χ0) is 16.6. The topological polar surface area (TPSA) is 78.5 Å². The predicted octanol–water partition coefficient (Wildman–Crippen LogP) is 1.33. The maximum atomic E-state index is 14.0. The summed E-state index contributed by atoms with van der Waals surface area (Å²) in [4.78, 5) is 37.3. The third-order valence-corrected chi connectivity index (χ3v) is 4.85. The van der Waals surface area contributed by atoms with Crippen LogP contribution in [0.3, 0.4) is 0 Å². The Morgan fingerprint density at radius 2 is 2.17 bits per heavy atom. The largest absolute Gasteiger partial charge is 0.340 e. The lowest BCUT2D eigenvalue weighted by Gasteiger charge is -2.38. The minimum Gasteiger partial charge on any atom is -0.340 e. The minimum absolute atomic E-state index is 0.0864. The molecule has 23 heavy (non-hydrogen) atoms. The average Bonchev–Trinajstić information content (AvgIpc) is 2.77. The van der Waals surface area contributed by atoms with E-state index in [2.05, 4.69) is 26.6 Å². The van der Waals surface area contributed by atoms with Crippen molar-refractivity contribution in [1.82, 2.24) is 15.5 Å². The van der Waals surface area contributed by atoms with Gasteiger partial charge in [0.15, 0.2) is 0 Å². The number of piperidine rings is 1. The second-order valence-corrected chi connectivity index (χ2v) is 6.65. The molecular formula is C15H15BrFN3O3. The molecule has 0 aromatic heterocycles. The van der Waals surface area contributed by atoms with Gasteiger partial charge in [0.2, 0.25) is 5.91 Å². The number of imide groups is 1. The van der Waals surface area contributed by atoms with E-state index in [0.717, 1.165) is 0 Å². The smallest absolute Gasteiger partial charge is 0.322 e. The van der Waals surface area contributed by atoms with E-state index >= 15 is 0 Å². The zero-order valence-corrected chi connectivity index (χ0v) is 13.8. The van der Waals surface area contributed by atoms with Crippen molar-refractivity contribution in [3.8, 4) is 0 Å². The molecule has 0 radical (unpaired) electrons. The standard InChI is InChI=1S/C15H15BrFN3O3/c16-10-4-1-3-9(12(10)17)7-11(21)20-6-2-5-15(8-20)13(22)18-14(23)19-15/h1,3-4H,2,5-8H2,(H2,18,19,22,23). The molecule has 1 spiro atoms. The van der Waals surface area contributed by atoms with Crippen LogP contribution in [0.1, 0.15) is 18.4 Å². The lowest BCUT2D eigenvalue weighted by atomic mass is 9.89. The van der Waals surface area contributed by atoms with Gasteiger partial charge in [0.25, 0.3) is 5.91 Å². The summed E-state index contributed by atoms with van der Waals surface area (Å²) in [6.07, 6.45) is 0.997. The molecular weight excluding hydrogens is 369 g/mol. The molecule has 122 valence electrons. The van der Waals surface area contributed by atoms with Crippen molar-refractivity contribution in [1.29, 1.82) is 0 Å². The van der Waals surface area contributed by atoms with Crippen molar-refractivity contribution in [2.24, 2.45) is 0 Å². The Kier molecular flexibility index (Phi) is 4.09. The first-order chi connectivity index (χ1) is 10.9. The van der Waals surface area contributed by atoms with Crippen LogP contribution in [0.5, 0.6) is 0 Å². The van der Waals surface area contributed by atoms with Gasteiger partial charge in [-0.2, -0.15) is 0 Å². The first-order valence-corrected chi connectivity index (χ1v) is 8.05. The monoisotopic (exact) mass is 383 g/mol. The van der Waals surface area contributed by atoms with Gasteiger partial charge in [0, 0.05) is 6.54 Å². The maximum Gasteiger partial charge on any atom is 0.322 e. The van der Waals surface area contributed by atoms with Crippen molar-refractivity contribution in [3.05, 3.63) is 34.1 Å². The average molecular weight is 384 g/mol. The van der Waals surface area contributed by atoms with Crippen LogP contribution in [0.2, 0.25) is 0 Å². The minimum atomic E-state index is -1.05. The SMILES string of the molecule is O=C1NC(=O)C2(CCCN(C(=O)Cc3cccc(Br)c3F)C2)N1. The zero-order valence-electron chi connectivity index (χ0n) is 12.2. The van der Waals surface area contributed by atoms with Gasteiger partial charge < -0.3 is 10.2 Å². The van der Waals surface area contributed by atoms with E-state index in [9.17, 15) is 18.8 Å². The van der Waals surface area contributed by atoms with Crippen LogP contribution in [0.4, 0.5) is 9.18 Å². The number of hydrogen-bond acceptors (Lipinski definition) is 3. The number of nitrogens with zero attached hydrogens (tertiary/aromatic N) is 1. The van der Waals surface area contributed by atoms with Gasteiger partial charge in [-0.1, -0.05) is 12.1 Å². The second-order valence-electron chi connectivity index (χ2n) is 5.80. The van der Waals surface area contributed by atoms with Crippen molar-refractivity contribution < 1.29 is 18.8 Å². The molecule has 1 aromatic carbocycles. The first-order valence-electron chi connectivity index (χ1n) is 7.25. The number of amides is 4. The van der Waals surface area contributed by atoms with E-state index in [1.165, 1.54) is 4.90 Å². The molecule has 2 saturated heterocycles. The van der Waals surface area contributed by atoms with Crippen LogP contribution in [-0.4, -0.2) is 41.4 Å². The van der Waals surface area contributed by atoms with Crippen molar-refractivity contribution in [3.63, 3.8) is 0 Å². The fraction of sp³-hybridized carbons (Fsp3) is 0.400. The van der Waals surface area contributed by atoms with E-state index in [4.69, 9.17) is 0 Å². The fourth-order valence-corrected chi connectivity index (χ4v) is 3.45. The number of carbonyl (C=O) groups excluding carboxylic acids is 3. The van der Waals surface area contributed by atoms with E-state index in [0.29, 0.717) is 29.4 Å². The number of halogens is 2. The highest BCUT2D eigenvalue weighted by Gasteiger charge is 2.49. The number of urea groups is 1. The number of rotatable bonds is 2. The molecule has 2 aliphatic heterocycles. The molecule has 4 amide bonds. The summed E-state index contributed by atoms with van der Waals surface area (Å²) in [5.41, 5.74) is -0.759. The normalized spacial score (nSPS) is 23.8. The Hall–Kier alpha value is -1.96. The van der Waals surface area contributed by atoms with Gasteiger partial charge in [-0.3, -0.25) is 14.9 Å². The molecule has 8 heteroatoms. The van der Waals surface area contributed by atoms with Crippen molar-refractivity contribution >= 4 is 33.8 Å². The quantitative estimate of drug-likeness (QED) is 0.756. The summed E-state index contributed by atoms with van der Waals surface area (Å²) in [5, 5.41) is 4.82. The van der Waals surface area contributed by atoms with Crippen LogP contribution in [0.25, 0.3) is 0 Å². The Balaban J connectivity index is 1.74. The maximum absolute atomic E-state index is 14.0. The summed E-state index contributed by atoms with van der Waals surface area (Å²) < 4.78 is 14.3. The van der Waals surface area contributed by atoms with Gasteiger partial charge in [0.05, 0.1) is 17.4 Å². The van der Waals surface area contributed by atoms with Crippen LogP contribution in [0, 0.1) is 5.82 Å². The number of benzene rings is 1. The Bertz CT molecular complexity index is 697. The highest BCUT2D eigenvalue weighted by atomic mass is 79.9. The summed E-state index contributed by atoms with van der Waals surface area (Å²) >= 11 is 3.09. The number of likely N-dealkylation sites (tertiary alicyclic amines) is 1. The molecule has 6 nitrogen and oxygen atoms in total. The lowest BCUT2D eigenvalue weighted by Crippen LogP contribution is -2.59. The highest BCUT2D eigenvalue weighted by molar-refractivity contribution is 9.10. The second kappa shape index (κ2) is 5.92. The summed E-state index contributed by atoms with van der Waals surface area (Å²) in [6, 6.07) is 4.25. The van der Waals surface area contributed by atoms with E-state index in [1.54, 1.807) is 18.2 Å². The molecule has 2 aliphatic rings. The van der Waals surface area contributed by atoms with E-state index in [-0.39, 0.29) is 18.9 Å². The van der Waals surface area contributed by atoms with Crippen LogP contribution in [-0.2, 0) is 16.0 Å². The number of carbonyl (C=O) groups is 3. The third-order valence-electron chi connectivity index (χ3n) is 4.23. The molecule has 3 rings (SSSR count). The Labute approximate surface area is 140 Å². The Morgan fingerprint density at radius 3 is 2.87 bits per heavy atom. The molecule has 0 saturated carbocycles. The predicted molar refractivity (Wildman–Crippen MR) is 83.0 cm³/mol. The molecule has 1 atom stereocenters. The summed E-state index contributed by atoms with van der Waals surface area (Å²) in [5.74, 6) is -1.14. The summed E-state index contributed by atoms with van der Waals surface area (Å²) in [6.45, 7) is 0.596.